The molecule has 0 spiro atoms. The van der Waals surface area contributed by atoms with E-state index in [1.165, 1.54) is 7.11 Å². The Hall–Kier alpha value is -0.860. The fraction of sp³-hybridized carbons (Fsp3) is 0.846. The highest BCUT2D eigenvalue weighted by Gasteiger charge is 2.25. The lowest BCUT2D eigenvalue weighted by Gasteiger charge is -2.26. The third kappa shape index (κ3) is 6.59. The first-order valence-corrected chi connectivity index (χ1v) is 5.86. The van der Waals surface area contributed by atoms with Gasteiger partial charge in [-0.05, 0) is 31.6 Å². The van der Waals surface area contributed by atoms with Crippen LogP contribution in [0.15, 0.2) is 0 Å². The van der Waals surface area contributed by atoms with Crippen LogP contribution in [0.3, 0.4) is 0 Å². The summed E-state index contributed by atoms with van der Waals surface area (Å²) in [6.07, 6.45) is 3.30. The Morgan fingerprint density at radius 3 is 2.31 bits per heavy atom. The number of carbonyl (C=O) groups excluding carboxylic acids is 2. The van der Waals surface area contributed by atoms with Crippen LogP contribution in [0.1, 0.15) is 53.4 Å². The van der Waals surface area contributed by atoms with Crippen molar-refractivity contribution >= 4 is 11.8 Å². The number of esters is 1. The third-order valence-corrected chi connectivity index (χ3v) is 2.84. The van der Waals surface area contributed by atoms with Gasteiger partial charge in [-0.15, -0.1) is 0 Å². The van der Waals surface area contributed by atoms with E-state index < -0.39 is 0 Å². The van der Waals surface area contributed by atoms with Crippen molar-refractivity contribution in [3.05, 3.63) is 0 Å². The van der Waals surface area contributed by atoms with Crippen molar-refractivity contribution in [2.45, 2.75) is 53.4 Å². The van der Waals surface area contributed by atoms with Gasteiger partial charge in [0, 0.05) is 6.42 Å². The van der Waals surface area contributed by atoms with Gasteiger partial charge in [0.2, 0.25) is 0 Å². The Kier molecular flexibility index (Phi) is 6.31. The van der Waals surface area contributed by atoms with Crippen molar-refractivity contribution in [2.24, 2.45) is 11.3 Å². The molecule has 0 saturated heterocycles. The molecule has 0 bridgehead atoms. The normalized spacial score (nSPS) is 13.3. The Balaban J connectivity index is 4.03. The molecule has 0 saturated carbocycles. The molecule has 0 radical (unpaired) electrons. The van der Waals surface area contributed by atoms with Crippen LogP contribution >= 0.6 is 0 Å². The molecule has 0 aliphatic rings. The summed E-state index contributed by atoms with van der Waals surface area (Å²) in [6, 6.07) is 0. The molecule has 0 aromatic rings. The average molecular weight is 228 g/mol. The second kappa shape index (κ2) is 6.66. The molecule has 0 amide bonds. The lowest BCUT2D eigenvalue weighted by atomic mass is 9.79. The van der Waals surface area contributed by atoms with E-state index >= 15 is 0 Å². The van der Waals surface area contributed by atoms with Crippen molar-refractivity contribution in [2.75, 3.05) is 7.11 Å². The van der Waals surface area contributed by atoms with E-state index in [9.17, 15) is 9.59 Å². The van der Waals surface area contributed by atoms with Gasteiger partial charge in [-0.1, -0.05) is 20.8 Å². The molecule has 0 N–H and O–H groups in total. The van der Waals surface area contributed by atoms with Gasteiger partial charge in [-0.3, -0.25) is 4.79 Å². The Morgan fingerprint density at radius 1 is 1.31 bits per heavy atom. The molecule has 3 heteroatoms. The average Bonchev–Trinajstić information content (AvgIpc) is 2.14. The molecule has 1 atom stereocenters. The minimum Gasteiger partial charge on any atom is -0.469 e. The SMILES string of the molecule is COC(=O)C(C)CC(C)(C)CCCC(C)=O. The van der Waals surface area contributed by atoms with Gasteiger partial charge in [0.05, 0.1) is 13.0 Å². The number of methoxy groups -OCH3 is 1. The maximum atomic E-state index is 11.3. The van der Waals surface area contributed by atoms with E-state index in [-0.39, 0.29) is 23.1 Å². The lowest BCUT2D eigenvalue weighted by molar-refractivity contribution is -0.146. The molecule has 0 rings (SSSR count). The zero-order valence-electron chi connectivity index (χ0n) is 11.1. The lowest BCUT2D eigenvalue weighted by Crippen LogP contribution is -2.22. The summed E-state index contributed by atoms with van der Waals surface area (Å²) in [5.41, 5.74) is 0.0864. The van der Waals surface area contributed by atoms with Crippen molar-refractivity contribution in [1.29, 1.82) is 0 Å². The Labute approximate surface area is 98.6 Å². The van der Waals surface area contributed by atoms with Gasteiger partial charge in [0.1, 0.15) is 5.78 Å². The highest BCUT2D eigenvalue weighted by atomic mass is 16.5. The van der Waals surface area contributed by atoms with Crippen LogP contribution in [0.25, 0.3) is 0 Å². The predicted molar refractivity (Wildman–Crippen MR) is 64.1 cm³/mol. The van der Waals surface area contributed by atoms with Gasteiger partial charge in [0.25, 0.3) is 0 Å². The fourth-order valence-electron chi connectivity index (χ4n) is 2.03. The Bertz CT molecular complexity index is 244. The molecule has 0 heterocycles. The quantitative estimate of drug-likeness (QED) is 0.629. The van der Waals surface area contributed by atoms with Gasteiger partial charge in [0.15, 0.2) is 0 Å². The largest absolute Gasteiger partial charge is 0.469 e. The fourth-order valence-corrected chi connectivity index (χ4v) is 2.03. The highest BCUT2D eigenvalue weighted by Crippen LogP contribution is 2.31. The number of hydrogen-bond acceptors (Lipinski definition) is 3. The van der Waals surface area contributed by atoms with Gasteiger partial charge >= 0.3 is 5.97 Å². The molecule has 1 unspecified atom stereocenters. The minimum atomic E-state index is -0.153. The summed E-state index contributed by atoms with van der Waals surface area (Å²) in [5, 5.41) is 0. The molecular weight excluding hydrogens is 204 g/mol. The molecule has 0 aliphatic carbocycles. The van der Waals surface area contributed by atoms with E-state index in [1.54, 1.807) is 6.92 Å². The Morgan fingerprint density at radius 2 is 1.88 bits per heavy atom. The zero-order valence-corrected chi connectivity index (χ0v) is 11.1. The van der Waals surface area contributed by atoms with Gasteiger partial charge < -0.3 is 9.53 Å². The summed E-state index contributed by atoms with van der Waals surface area (Å²) >= 11 is 0. The zero-order chi connectivity index (χ0) is 12.8. The molecule has 0 fully saturated rings. The van der Waals surface area contributed by atoms with Crippen molar-refractivity contribution in [1.82, 2.24) is 0 Å². The van der Waals surface area contributed by atoms with E-state index in [1.807, 2.05) is 6.92 Å². The van der Waals surface area contributed by atoms with Crippen molar-refractivity contribution < 1.29 is 14.3 Å². The summed E-state index contributed by atoms with van der Waals surface area (Å²) < 4.78 is 4.71. The van der Waals surface area contributed by atoms with Gasteiger partial charge in [-0.2, -0.15) is 0 Å². The number of Topliss-reactive ketones (excluding diaryl/α,β-unsaturated/α-hetero) is 1. The molecule has 0 aromatic heterocycles. The monoisotopic (exact) mass is 228 g/mol. The summed E-state index contributed by atoms with van der Waals surface area (Å²) in [4.78, 5) is 22.1. The smallest absolute Gasteiger partial charge is 0.308 e. The first-order valence-electron chi connectivity index (χ1n) is 5.86. The molecule has 16 heavy (non-hydrogen) atoms. The van der Waals surface area contributed by atoms with E-state index in [2.05, 4.69) is 13.8 Å². The summed E-state index contributed by atoms with van der Waals surface area (Å²) in [5.74, 6) is 0.00814. The van der Waals surface area contributed by atoms with Crippen LogP contribution in [-0.4, -0.2) is 18.9 Å². The molecule has 0 aliphatic heterocycles. The number of ketones is 1. The second-order valence-corrected chi connectivity index (χ2v) is 5.35. The maximum Gasteiger partial charge on any atom is 0.308 e. The topological polar surface area (TPSA) is 43.4 Å². The third-order valence-electron chi connectivity index (χ3n) is 2.84. The predicted octanol–water partition coefficient (Wildman–Crippen LogP) is 2.97. The van der Waals surface area contributed by atoms with Crippen LogP contribution in [0, 0.1) is 11.3 Å². The van der Waals surface area contributed by atoms with Crippen LogP contribution in [-0.2, 0) is 14.3 Å². The summed E-state index contributed by atoms with van der Waals surface area (Å²) in [7, 11) is 1.42. The number of rotatable bonds is 7. The van der Waals surface area contributed by atoms with Crippen molar-refractivity contribution in [3.63, 3.8) is 0 Å². The molecule has 3 nitrogen and oxygen atoms in total. The van der Waals surface area contributed by atoms with E-state index in [0.29, 0.717) is 6.42 Å². The first-order chi connectivity index (χ1) is 7.28. The number of carbonyl (C=O) groups is 2. The van der Waals surface area contributed by atoms with E-state index in [4.69, 9.17) is 4.74 Å². The van der Waals surface area contributed by atoms with Gasteiger partial charge in [-0.25, -0.2) is 0 Å². The molecular formula is C13H24O3. The van der Waals surface area contributed by atoms with Crippen molar-refractivity contribution in [3.8, 4) is 0 Å². The van der Waals surface area contributed by atoms with Crippen LogP contribution in [0.2, 0.25) is 0 Å². The maximum absolute atomic E-state index is 11.3. The standard InChI is InChI=1S/C13H24O3/c1-10(12(15)16-5)9-13(3,4)8-6-7-11(2)14/h10H,6-9H2,1-5H3. The number of hydrogen-bond donors (Lipinski definition) is 0. The summed E-state index contributed by atoms with van der Waals surface area (Å²) in [6.45, 7) is 7.77. The first kappa shape index (κ1) is 15.1. The second-order valence-electron chi connectivity index (χ2n) is 5.35. The van der Waals surface area contributed by atoms with Crippen LogP contribution in [0.4, 0.5) is 0 Å². The molecule has 0 aromatic carbocycles. The highest BCUT2D eigenvalue weighted by molar-refractivity contribution is 5.75. The molecule has 94 valence electrons. The van der Waals surface area contributed by atoms with E-state index in [0.717, 1.165) is 19.3 Å². The number of ether oxygens (including phenoxy) is 1. The van der Waals surface area contributed by atoms with Crippen LogP contribution in [0.5, 0.6) is 0 Å². The van der Waals surface area contributed by atoms with Crippen LogP contribution < -0.4 is 0 Å². The minimum absolute atomic E-state index is 0.0719.